The highest BCUT2D eigenvalue weighted by molar-refractivity contribution is 5.76. The lowest BCUT2D eigenvalue weighted by Crippen LogP contribution is -2.47. The summed E-state index contributed by atoms with van der Waals surface area (Å²) in [5.74, 6) is 1.51. The van der Waals surface area contributed by atoms with Gasteiger partial charge in [0.25, 0.3) is 0 Å². The maximum absolute atomic E-state index is 12.2. The van der Waals surface area contributed by atoms with Gasteiger partial charge in [0, 0.05) is 25.7 Å². The van der Waals surface area contributed by atoms with E-state index in [9.17, 15) is 4.79 Å². The first-order valence-corrected chi connectivity index (χ1v) is 8.97. The Hall–Kier alpha value is -2.08. The van der Waals surface area contributed by atoms with Crippen LogP contribution in [0.5, 0.6) is 0 Å². The molecule has 1 atom stereocenters. The summed E-state index contributed by atoms with van der Waals surface area (Å²) in [6.45, 7) is 8.47. The van der Waals surface area contributed by atoms with Crippen molar-refractivity contribution >= 4 is 17.1 Å². The molecule has 1 heterocycles. The number of imidazole rings is 1. The maximum atomic E-state index is 12.2. The summed E-state index contributed by atoms with van der Waals surface area (Å²) >= 11 is 0. The van der Waals surface area contributed by atoms with Crippen LogP contribution in [0.15, 0.2) is 24.3 Å². The second-order valence-electron chi connectivity index (χ2n) is 7.29. The lowest BCUT2D eigenvalue weighted by molar-refractivity contribution is 0.228. The van der Waals surface area contributed by atoms with Crippen molar-refractivity contribution in [2.24, 2.45) is 5.92 Å². The van der Waals surface area contributed by atoms with Crippen LogP contribution < -0.4 is 10.6 Å². The molecular formula is C19H31N5O. The van der Waals surface area contributed by atoms with Gasteiger partial charge in [0.15, 0.2) is 0 Å². The number of amides is 2. The van der Waals surface area contributed by atoms with E-state index in [0.29, 0.717) is 19.0 Å². The second kappa shape index (κ2) is 8.85. The predicted octanol–water partition coefficient (Wildman–Crippen LogP) is 2.62. The van der Waals surface area contributed by atoms with Crippen molar-refractivity contribution in [3.8, 4) is 0 Å². The zero-order valence-electron chi connectivity index (χ0n) is 16.0. The zero-order chi connectivity index (χ0) is 18.4. The maximum Gasteiger partial charge on any atom is 0.315 e. The number of fused-ring (bicyclic) bond motifs is 1. The summed E-state index contributed by atoms with van der Waals surface area (Å²) in [4.78, 5) is 18.9. The molecule has 1 unspecified atom stereocenters. The molecule has 0 aliphatic heterocycles. The van der Waals surface area contributed by atoms with E-state index < -0.39 is 0 Å². The number of rotatable bonds is 8. The summed E-state index contributed by atoms with van der Waals surface area (Å²) in [7, 11) is 4.06. The summed E-state index contributed by atoms with van der Waals surface area (Å²) < 4.78 is 2.14. The Kier molecular flexibility index (Phi) is 6.82. The predicted molar refractivity (Wildman–Crippen MR) is 103 cm³/mol. The Morgan fingerprint density at radius 2 is 2.00 bits per heavy atom. The summed E-state index contributed by atoms with van der Waals surface area (Å²) in [6, 6.07) is 8.13. The van der Waals surface area contributed by atoms with Crippen LogP contribution in [0.1, 0.15) is 26.1 Å². The minimum atomic E-state index is -0.102. The number of hydrogen-bond donors (Lipinski definition) is 2. The van der Waals surface area contributed by atoms with Crippen LogP contribution in [0.2, 0.25) is 0 Å². The summed E-state index contributed by atoms with van der Waals surface area (Å²) in [5, 5.41) is 6.07. The van der Waals surface area contributed by atoms with E-state index >= 15 is 0 Å². The van der Waals surface area contributed by atoms with E-state index in [1.165, 1.54) is 0 Å². The molecule has 0 saturated carbocycles. The van der Waals surface area contributed by atoms with E-state index in [0.717, 1.165) is 29.8 Å². The average molecular weight is 345 g/mol. The fourth-order valence-electron chi connectivity index (χ4n) is 3.18. The minimum absolute atomic E-state index is 0.102. The molecule has 0 fully saturated rings. The molecule has 2 aromatic rings. The smallest absolute Gasteiger partial charge is 0.315 e. The third-order valence-electron chi connectivity index (χ3n) is 4.14. The first-order chi connectivity index (χ1) is 11.9. The Bertz CT molecular complexity index is 682. The Labute approximate surface area is 150 Å². The number of likely N-dealkylation sites (N-methyl/N-ethyl adjacent to an activating group) is 1. The van der Waals surface area contributed by atoms with E-state index in [1.54, 1.807) is 0 Å². The van der Waals surface area contributed by atoms with Gasteiger partial charge in [-0.15, -0.1) is 0 Å². The number of carbonyl (C=O) groups is 1. The highest BCUT2D eigenvalue weighted by Gasteiger charge is 2.15. The first-order valence-electron chi connectivity index (χ1n) is 8.97. The molecule has 1 aromatic heterocycles. The third kappa shape index (κ3) is 5.74. The van der Waals surface area contributed by atoms with Gasteiger partial charge in [0.1, 0.15) is 5.82 Å². The van der Waals surface area contributed by atoms with Gasteiger partial charge < -0.3 is 20.1 Å². The first kappa shape index (κ1) is 19.2. The molecule has 138 valence electrons. The number of nitrogens with one attached hydrogen (secondary N) is 2. The van der Waals surface area contributed by atoms with Gasteiger partial charge in [0.05, 0.1) is 11.0 Å². The van der Waals surface area contributed by atoms with E-state index in [1.807, 2.05) is 39.2 Å². The number of nitrogens with zero attached hydrogens (tertiary/aromatic N) is 3. The molecule has 0 spiro atoms. The van der Waals surface area contributed by atoms with Crippen LogP contribution in [0.3, 0.4) is 0 Å². The van der Waals surface area contributed by atoms with Crippen molar-refractivity contribution in [2.75, 3.05) is 27.2 Å². The van der Waals surface area contributed by atoms with Crippen molar-refractivity contribution in [1.82, 2.24) is 25.1 Å². The van der Waals surface area contributed by atoms with Gasteiger partial charge in [-0.1, -0.05) is 26.0 Å². The van der Waals surface area contributed by atoms with Gasteiger partial charge in [-0.3, -0.25) is 0 Å². The van der Waals surface area contributed by atoms with Crippen LogP contribution in [0, 0.1) is 12.8 Å². The largest absolute Gasteiger partial charge is 0.336 e. The minimum Gasteiger partial charge on any atom is -0.336 e. The molecule has 25 heavy (non-hydrogen) atoms. The molecular weight excluding hydrogens is 314 g/mol. The molecule has 0 aliphatic rings. The van der Waals surface area contributed by atoms with Crippen LogP contribution >= 0.6 is 0 Å². The molecule has 1 aromatic carbocycles. The standard InChI is InChI=1S/C19H31N5O/c1-14(2)12-16(13-23(4)5)22-19(25)20-10-11-24-15(3)21-17-8-6-7-9-18(17)24/h6-9,14,16H,10-13H2,1-5H3,(H2,20,22,25). The molecule has 0 bridgehead atoms. The van der Waals surface area contributed by atoms with Crippen molar-refractivity contribution < 1.29 is 4.79 Å². The van der Waals surface area contributed by atoms with Crippen molar-refractivity contribution in [3.63, 3.8) is 0 Å². The fraction of sp³-hybridized carbons (Fsp3) is 0.579. The number of para-hydroxylation sites is 2. The van der Waals surface area contributed by atoms with Crippen LogP contribution in [0.4, 0.5) is 4.79 Å². The molecule has 2 rings (SSSR count). The molecule has 0 aliphatic carbocycles. The molecule has 2 N–H and O–H groups in total. The number of hydrogen-bond acceptors (Lipinski definition) is 3. The summed E-state index contributed by atoms with van der Waals surface area (Å²) in [6.07, 6.45) is 0.969. The van der Waals surface area contributed by atoms with Crippen LogP contribution in [-0.4, -0.2) is 53.7 Å². The SMILES string of the molecule is Cc1nc2ccccc2n1CCNC(=O)NC(CC(C)C)CN(C)C. The molecule has 6 heteroatoms. The van der Waals surface area contributed by atoms with Crippen molar-refractivity contribution in [3.05, 3.63) is 30.1 Å². The number of benzene rings is 1. The van der Waals surface area contributed by atoms with Gasteiger partial charge >= 0.3 is 6.03 Å². The number of aryl methyl sites for hydroxylation is 1. The third-order valence-corrected chi connectivity index (χ3v) is 4.14. The Balaban J connectivity index is 1.87. The highest BCUT2D eigenvalue weighted by Crippen LogP contribution is 2.14. The number of aromatic nitrogens is 2. The molecule has 6 nitrogen and oxygen atoms in total. The van der Waals surface area contributed by atoms with Gasteiger partial charge in [-0.2, -0.15) is 0 Å². The molecule has 0 saturated heterocycles. The highest BCUT2D eigenvalue weighted by atomic mass is 16.2. The Morgan fingerprint density at radius 1 is 1.28 bits per heavy atom. The lowest BCUT2D eigenvalue weighted by Gasteiger charge is -2.24. The zero-order valence-corrected chi connectivity index (χ0v) is 16.0. The molecule has 2 amide bonds. The fourth-order valence-corrected chi connectivity index (χ4v) is 3.18. The van der Waals surface area contributed by atoms with Crippen LogP contribution in [-0.2, 0) is 6.54 Å². The normalized spacial score (nSPS) is 12.8. The number of carbonyl (C=O) groups excluding carboxylic acids is 1. The monoisotopic (exact) mass is 345 g/mol. The summed E-state index contributed by atoms with van der Waals surface area (Å²) in [5.41, 5.74) is 2.10. The second-order valence-corrected chi connectivity index (χ2v) is 7.29. The Morgan fingerprint density at radius 3 is 2.68 bits per heavy atom. The van der Waals surface area contributed by atoms with E-state index in [4.69, 9.17) is 0 Å². The van der Waals surface area contributed by atoms with Crippen molar-refractivity contribution in [1.29, 1.82) is 0 Å². The topological polar surface area (TPSA) is 62.2 Å². The van der Waals surface area contributed by atoms with E-state index in [2.05, 4.69) is 45.0 Å². The average Bonchev–Trinajstić information content (AvgIpc) is 2.82. The number of urea groups is 1. The van der Waals surface area contributed by atoms with Crippen LogP contribution in [0.25, 0.3) is 11.0 Å². The van der Waals surface area contributed by atoms with Gasteiger partial charge in [-0.25, -0.2) is 9.78 Å². The van der Waals surface area contributed by atoms with Gasteiger partial charge in [-0.05, 0) is 45.5 Å². The molecule has 0 radical (unpaired) electrons. The van der Waals surface area contributed by atoms with Crippen molar-refractivity contribution in [2.45, 2.75) is 39.8 Å². The van der Waals surface area contributed by atoms with Gasteiger partial charge in [0.2, 0.25) is 0 Å². The van der Waals surface area contributed by atoms with E-state index in [-0.39, 0.29) is 12.1 Å². The lowest BCUT2D eigenvalue weighted by atomic mass is 10.0. The quantitative estimate of drug-likeness (QED) is 0.773.